The van der Waals surface area contributed by atoms with Crippen LogP contribution in [0.1, 0.15) is 37.4 Å². The average Bonchev–Trinajstić information content (AvgIpc) is 3.03. The molecule has 0 amide bonds. The molecular formula is C12H20ClN3. The standard InChI is InChI=1S/C12H20ClN3/c1-4-7-16(10-5-6-10)8-11-9(2)14-15(3)12(11)13/h10H,4-8H2,1-3H3. The number of aromatic nitrogens is 2. The molecule has 0 aliphatic heterocycles. The first-order valence-electron chi connectivity index (χ1n) is 6.05. The summed E-state index contributed by atoms with van der Waals surface area (Å²) in [6.07, 6.45) is 3.89. The smallest absolute Gasteiger partial charge is 0.131 e. The van der Waals surface area contributed by atoms with E-state index in [-0.39, 0.29) is 0 Å². The molecule has 3 nitrogen and oxygen atoms in total. The van der Waals surface area contributed by atoms with Crippen molar-refractivity contribution >= 4 is 11.6 Å². The number of hydrogen-bond donors (Lipinski definition) is 0. The fourth-order valence-corrected chi connectivity index (χ4v) is 2.41. The van der Waals surface area contributed by atoms with Crippen LogP contribution in [0.2, 0.25) is 5.15 Å². The van der Waals surface area contributed by atoms with Gasteiger partial charge in [-0.15, -0.1) is 0 Å². The van der Waals surface area contributed by atoms with Crippen molar-refractivity contribution in [1.82, 2.24) is 14.7 Å². The van der Waals surface area contributed by atoms with Crippen molar-refractivity contribution < 1.29 is 0 Å². The number of hydrogen-bond acceptors (Lipinski definition) is 2. The average molecular weight is 242 g/mol. The highest BCUT2D eigenvalue weighted by molar-refractivity contribution is 6.30. The van der Waals surface area contributed by atoms with E-state index in [1.807, 2.05) is 14.0 Å². The van der Waals surface area contributed by atoms with Crippen LogP contribution in [0.25, 0.3) is 0 Å². The van der Waals surface area contributed by atoms with E-state index in [4.69, 9.17) is 11.6 Å². The molecule has 0 N–H and O–H groups in total. The predicted octanol–water partition coefficient (Wildman–Crippen LogP) is 2.76. The van der Waals surface area contributed by atoms with E-state index in [1.165, 1.54) is 24.8 Å². The van der Waals surface area contributed by atoms with Crippen molar-refractivity contribution in [2.24, 2.45) is 7.05 Å². The van der Waals surface area contributed by atoms with Gasteiger partial charge in [-0.25, -0.2) is 0 Å². The molecule has 1 heterocycles. The Kier molecular flexibility index (Phi) is 3.55. The largest absolute Gasteiger partial charge is 0.296 e. The predicted molar refractivity (Wildman–Crippen MR) is 66.7 cm³/mol. The van der Waals surface area contributed by atoms with Gasteiger partial charge >= 0.3 is 0 Å². The van der Waals surface area contributed by atoms with Crippen molar-refractivity contribution in [3.05, 3.63) is 16.4 Å². The van der Waals surface area contributed by atoms with Gasteiger partial charge in [-0.2, -0.15) is 5.10 Å². The molecule has 1 aromatic rings. The van der Waals surface area contributed by atoms with Crippen LogP contribution in [0.4, 0.5) is 0 Å². The van der Waals surface area contributed by atoms with Crippen LogP contribution in [-0.4, -0.2) is 27.3 Å². The molecule has 4 heteroatoms. The molecule has 1 aliphatic carbocycles. The van der Waals surface area contributed by atoms with Crippen LogP contribution >= 0.6 is 11.6 Å². The molecule has 90 valence electrons. The lowest BCUT2D eigenvalue weighted by Crippen LogP contribution is -2.26. The molecule has 1 aliphatic rings. The SMILES string of the molecule is CCCN(Cc1c(C)nn(C)c1Cl)C1CC1. The first kappa shape index (κ1) is 11.9. The molecule has 1 aromatic heterocycles. The maximum absolute atomic E-state index is 6.26. The second-order valence-corrected chi connectivity index (χ2v) is 5.04. The highest BCUT2D eigenvalue weighted by atomic mass is 35.5. The Bertz CT molecular complexity index is 369. The van der Waals surface area contributed by atoms with E-state index in [1.54, 1.807) is 4.68 Å². The van der Waals surface area contributed by atoms with Crippen LogP contribution < -0.4 is 0 Å². The summed E-state index contributed by atoms with van der Waals surface area (Å²) in [6, 6.07) is 0.788. The third-order valence-electron chi connectivity index (χ3n) is 3.21. The van der Waals surface area contributed by atoms with Gasteiger partial charge in [-0.3, -0.25) is 9.58 Å². The Hall–Kier alpha value is -0.540. The number of halogens is 1. The van der Waals surface area contributed by atoms with Crippen LogP contribution in [0.5, 0.6) is 0 Å². The molecule has 1 fully saturated rings. The van der Waals surface area contributed by atoms with Gasteiger partial charge in [0.15, 0.2) is 0 Å². The molecule has 0 unspecified atom stereocenters. The molecule has 16 heavy (non-hydrogen) atoms. The quantitative estimate of drug-likeness (QED) is 0.791. The molecule has 0 spiro atoms. The van der Waals surface area contributed by atoms with E-state index in [0.717, 1.165) is 30.0 Å². The molecule has 0 aromatic carbocycles. The Morgan fingerprint density at radius 1 is 1.50 bits per heavy atom. The molecule has 0 atom stereocenters. The topological polar surface area (TPSA) is 21.1 Å². The van der Waals surface area contributed by atoms with E-state index in [0.29, 0.717) is 0 Å². The molecule has 0 bridgehead atoms. The van der Waals surface area contributed by atoms with Crippen molar-refractivity contribution in [2.45, 2.75) is 45.7 Å². The highest BCUT2D eigenvalue weighted by Crippen LogP contribution is 2.30. The first-order valence-corrected chi connectivity index (χ1v) is 6.43. The molecule has 0 radical (unpaired) electrons. The highest BCUT2D eigenvalue weighted by Gasteiger charge is 2.29. The Labute approximate surface area is 102 Å². The molecule has 0 saturated heterocycles. The first-order chi connectivity index (χ1) is 7.63. The van der Waals surface area contributed by atoms with E-state index in [9.17, 15) is 0 Å². The second kappa shape index (κ2) is 4.76. The van der Waals surface area contributed by atoms with Crippen molar-refractivity contribution in [3.8, 4) is 0 Å². The Morgan fingerprint density at radius 3 is 2.62 bits per heavy atom. The lowest BCUT2D eigenvalue weighted by Gasteiger charge is -2.21. The lowest BCUT2D eigenvalue weighted by molar-refractivity contribution is 0.255. The summed E-state index contributed by atoms with van der Waals surface area (Å²) in [5.74, 6) is 0. The lowest BCUT2D eigenvalue weighted by atomic mass is 10.2. The van der Waals surface area contributed by atoms with Gasteiger partial charge in [0.1, 0.15) is 5.15 Å². The third kappa shape index (κ3) is 2.41. The summed E-state index contributed by atoms with van der Waals surface area (Å²) in [6.45, 7) is 6.39. The summed E-state index contributed by atoms with van der Waals surface area (Å²) < 4.78 is 1.77. The zero-order valence-corrected chi connectivity index (χ0v) is 11.1. The summed E-state index contributed by atoms with van der Waals surface area (Å²) in [4.78, 5) is 2.54. The summed E-state index contributed by atoms with van der Waals surface area (Å²) in [5, 5.41) is 5.15. The minimum atomic E-state index is 0.788. The molecular weight excluding hydrogens is 222 g/mol. The van der Waals surface area contributed by atoms with Gasteiger partial charge in [0, 0.05) is 25.2 Å². The fraction of sp³-hybridized carbons (Fsp3) is 0.750. The van der Waals surface area contributed by atoms with Crippen LogP contribution in [-0.2, 0) is 13.6 Å². The zero-order chi connectivity index (χ0) is 11.7. The van der Waals surface area contributed by atoms with Crippen LogP contribution in [0.15, 0.2) is 0 Å². The summed E-state index contributed by atoms with van der Waals surface area (Å²) in [7, 11) is 1.90. The van der Waals surface area contributed by atoms with Crippen molar-refractivity contribution in [2.75, 3.05) is 6.54 Å². The van der Waals surface area contributed by atoms with Crippen LogP contribution in [0, 0.1) is 6.92 Å². The van der Waals surface area contributed by atoms with Gasteiger partial charge in [0.05, 0.1) is 5.69 Å². The molecule has 2 rings (SSSR count). The zero-order valence-electron chi connectivity index (χ0n) is 10.3. The van der Waals surface area contributed by atoms with Gasteiger partial charge in [-0.1, -0.05) is 18.5 Å². The fourth-order valence-electron chi connectivity index (χ4n) is 2.17. The third-order valence-corrected chi connectivity index (χ3v) is 3.68. The normalized spacial score (nSPS) is 16.1. The van der Waals surface area contributed by atoms with E-state index >= 15 is 0 Å². The second-order valence-electron chi connectivity index (χ2n) is 4.68. The number of aryl methyl sites for hydroxylation is 2. The molecule has 1 saturated carbocycles. The Morgan fingerprint density at radius 2 is 2.19 bits per heavy atom. The van der Waals surface area contributed by atoms with Crippen LogP contribution in [0.3, 0.4) is 0 Å². The monoisotopic (exact) mass is 241 g/mol. The Balaban J connectivity index is 2.11. The maximum atomic E-state index is 6.26. The number of rotatable bonds is 5. The van der Waals surface area contributed by atoms with Crippen molar-refractivity contribution in [1.29, 1.82) is 0 Å². The maximum Gasteiger partial charge on any atom is 0.131 e. The summed E-state index contributed by atoms with van der Waals surface area (Å²) in [5.41, 5.74) is 2.26. The van der Waals surface area contributed by atoms with E-state index in [2.05, 4.69) is 16.9 Å². The number of nitrogens with zero attached hydrogens (tertiary/aromatic N) is 3. The van der Waals surface area contributed by atoms with Gasteiger partial charge < -0.3 is 0 Å². The minimum absolute atomic E-state index is 0.788. The van der Waals surface area contributed by atoms with Gasteiger partial charge in [0.25, 0.3) is 0 Å². The van der Waals surface area contributed by atoms with Gasteiger partial charge in [0.2, 0.25) is 0 Å². The van der Waals surface area contributed by atoms with Gasteiger partial charge in [-0.05, 0) is 32.7 Å². The minimum Gasteiger partial charge on any atom is -0.296 e. The summed E-state index contributed by atoms with van der Waals surface area (Å²) >= 11 is 6.26. The van der Waals surface area contributed by atoms with Crippen molar-refractivity contribution in [3.63, 3.8) is 0 Å². The van der Waals surface area contributed by atoms with E-state index < -0.39 is 0 Å².